The van der Waals surface area contributed by atoms with Crippen molar-refractivity contribution in [2.75, 3.05) is 19.3 Å². The number of sulfonamides is 1. The van der Waals surface area contributed by atoms with Crippen molar-refractivity contribution in [1.82, 2.24) is 10.0 Å². The summed E-state index contributed by atoms with van der Waals surface area (Å²) < 4.78 is 24.2. The molecule has 1 atom stereocenters. The first-order chi connectivity index (χ1) is 7.31. The summed E-state index contributed by atoms with van der Waals surface area (Å²) in [5.41, 5.74) is 0.337. The maximum absolute atomic E-state index is 10.9. The van der Waals surface area contributed by atoms with E-state index in [9.17, 15) is 8.42 Å². The number of hydrogen-bond donors (Lipinski definition) is 2. The van der Waals surface area contributed by atoms with Crippen molar-refractivity contribution >= 4 is 10.0 Å². The summed E-state index contributed by atoms with van der Waals surface area (Å²) in [5.74, 6) is 0. The first-order valence-electron chi connectivity index (χ1n) is 5.99. The Balaban J connectivity index is 2.26. The van der Waals surface area contributed by atoms with Gasteiger partial charge in [0.2, 0.25) is 10.0 Å². The Kier molecular flexibility index (Phi) is 4.76. The molecule has 0 aromatic rings. The van der Waals surface area contributed by atoms with Gasteiger partial charge < -0.3 is 5.32 Å². The normalized spacial score (nSPS) is 25.6. The molecule has 2 N–H and O–H groups in total. The molecule has 1 saturated carbocycles. The second-order valence-electron chi connectivity index (χ2n) is 5.41. The highest BCUT2D eigenvalue weighted by Crippen LogP contribution is 2.35. The SMILES string of the molecule is CC1(C)CCCCC1NCCNS(C)(=O)=O. The molecule has 0 bridgehead atoms. The van der Waals surface area contributed by atoms with Crippen LogP contribution < -0.4 is 10.0 Å². The van der Waals surface area contributed by atoms with Crippen LogP contribution in [0.15, 0.2) is 0 Å². The number of nitrogens with one attached hydrogen (secondary N) is 2. The molecule has 0 aliphatic heterocycles. The predicted molar refractivity (Wildman–Crippen MR) is 66.9 cm³/mol. The Hall–Kier alpha value is -0.130. The van der Waals surface area contributed by atoms with Crippen LogP contribution in [0.5, 0.6) is 0 Å². The number of hydrogen-bond acceptors (Lipinski definition) is 3. The van der Waals surface area contributed by atoms with Gasteiger partial charge in [-0.2, -0.15) is 0 Å². The Bertz CT molecular complexity index is 312. The molecule has 0 radical (unpaired) electrons. The molecule has 96 valence electrons. The molecule has 1 unspecified atom stereocenters. The monoisotopic (exact) mass is 248 g/mol. The molecule has 0 saturated heterocycles. The summed E-state index contributed by atoms with van der Waals surface area (Å²) >= 11 is 0. The van der Waals surface area contributed by atoms with Crippen molar-refractivity contribution in [2.24, 2.45) is 5.41 Å². The van der Waals surface area contributed by atoms with Crippen LogP contribution in [0.25, 0.3) is 0 Å². The first-order valence-corrected chi connectivity index (χ1v) is 7.88. The van der Waals surface area contributed by atoms with Crippen LogP contribution >= 0.6 is 0 Å². The zero-order valence-corrected chi connectivity index (χ0v) is 11.4. The summed E-state index contributed by atoms with van der Waals surface area (Å²) in [6.45, 7) is 5.76. The second-order valence-corrected chi connectivity index (χ2v) is 7.24. The third kappa shape index (κ3) is 4.80. The fourth-order valence-corrected chi connectivity index (χ4v) is 2.83. The van der Waals surface area contributed by atoms with Crippen molar-refractivity contribution in [3.05, 3.63) is 0 Å². The predicted octanol–water partition coefficient (Wildman–Crippen LogP) is 1.09. The van der Waals surface area contributed by atoms with Crippen LogP contribution in [0.1, 0.15) is 39.5 Å². The lowest BCUT2D eigenvalue weighted by molar-refractivity contribution is 0.169. The molecule has 1 fully saturated rings. The Morgan fingerprint density at radius 1 is 1.25 bits per heavy atom. The van der Waals surface area contributed by atoms with Gasteiger partial charge in [0.15, 0.2) is 0 Å². The van der Waals surface area contributed by atoms with Crippen LogP contribution in [0.3, 0.4) is 0 Å². The molecule has 4 nitrogen and oxygen atoms in total. The standard InChI is InChI=1S/C11H24N2O2S/c1-11(2)7-5-4-6-10(11)12-8-9-13-16(3,14)15/h10,12-13H,4-9H2,1-3H3. The van der Waals surface area contributed by atoms with Crippen molar-refractivity contribution < 1.29 is 8.42 Å². The summed E-state index contributed by atoms with van der Waals surface area (Å²) in [4.78, 5) is 0. The van der Waals surface area contributed by atoms with E-state index in [0.717, 1.165) is 0 Å². The molecule has 16 heavy (non-hydrogen) atoms. The Morgan fingerprint density at radius 3 is 2.50 bits per heavy atom. The summed E-state index contributed by atoms with van der Waals surface area (Å²) in [6.07, 6.45) is 6.24. The maximum atomic E-state index is 10.9. The van der Waals surface area contributed by atoms with Gasteiger partial charge in [-0.15, -0.1) is 0 Å². The number of rotatable bonds is 5. The van der Waals surface area contributed by atoms with E-state index in [1.807, 2.05) is 0 Å². The lowest BCUT2D eigenvalue weighted by Gasteiger charge is -2.39. The van der Waals surface area contributed by atoms with Crippen LogP contribution in [-0.4, -0.2) is 33.8 Å². The highest BCUT2D eigenvalue weighted by molar-refractivity contribution is 7.88. The second kappa shape index (κ2) is 5.47. The van der Waals surface area contributed by atoms with E-state index in [1.165, 1.54) is 31.9 Å². The van der Waals surface area contributed by atoms with E-state index >= 15 is 0 Å². The van der Waals surface area contributed by atoms with E-state index in [-0.39, 0.29) is 0 Å². The summed E-state index contributed by atoms with van der Waals surface area (Å²) in [7, 11) is -3.05. The molecule has 0 heterocycles. The highest BCUT2D eigenvalue weighted by Gasteiger charge is 2.31. The van der Waals surface area contributed by atoms with Gasteiger partial charge in [-0.3, -0.25) is 0 Å². The average Bonchev–Trinajstić information content (AvgIpc) is 2.12. The Morgan fingerprint density at radius 2 is 1.94 bits per heavy atom. The van der Waals surface area contributed by atoms with Crippen molar-refractivity contribution in [3.63, 3.8) is 0 Å². The lowest BCUT2D eigenvalue weighted by atomic mass is 9.73. The van der Waals surface area contributed by atoms with E-state index in [0.29, 0.717) is 24.5 Å². The van der Waals surface area contributed by atoms with Gasteiger partial charge in [-0.05, 0) is 18.3 Å². The quantitative estimate of drug-likeness (QED) is 0.716. The fraction of sp³-hybridized carbons (Fsp3) is 1.00. The highest BCUT2D eigenvalue weighted by atomic mass is 32.2. The molecule has 5 heteroatoms. The molecule has 1 rings (SSSR count). The van der Waals surface area contributed by atoms with Gasteiger partial charge in [0.25, 0.3) is 0 Å². The smallest absolute Gasteiger partial charge is 0.208 e. The first kappa shape index (κ1) is 13.9. The van der Waals surface area contributed by atoms with Crippen molar-refractivity contribution in [2.45, 2.75) is 45.6 Å². The van der Waals surface area contributed by atoms with Crippen LogP contribution in [0.2, 0.25) is 0 Å². The molecule has 0 aromatic heterocycles. The third-order valence-electron chi connectivity index (χ3n) is 3.39. The molecule has 1 aliphatic carbocycles. The topological polar surface area (TPSA) is 58.2 Å². The van der Waals surface area contributed by atoms with Crippen molar-refractivity contribution in [1.29, 1.82) is 0 Å². The summed E-state index contributed by atoms with van der Waals surface area (Å²) in [6, 6.07) is 0.516. The fourth-order valence-electron chi connectivity index (χ4n) is 2.36. The summed E-state index contributed by atoms with van der Waals surface area (Å²) in [5, 5.41) is 3.46. The Labute approximate surface area is 99.2 Å². The molecular weight excluding hydrogens is 224 g/mol. The van der Waals surface area contributed by atoms with Gasteiger partial charge in [0, 0.05) is 19.1 Å². The lowest BCUT2D eigenvalue weighted by Crippen LogP contribution is -2.46. The van der Waals surface area contributed by atoms with Gasteiger partial charge in [0.1, 0.15) is 0 Å². The zero-order valence-electron chi connectivity index (χ0n) is 10.5. The van der Waals surface area contributed by atoms with E-state index in [2.05, 4.69) is 23.9 Å². The van der Waals surface area contributed by atoms with Crippen LogP contribution in [-0.2, 0) is 10.0 Å². The largest absolute Gasteiger partial charge is 0.312 e. The minimum atomic E-state index is -3.05. The van der Waals surface area contributed by atoms with Gasteiger partial charge in [-0.1, -0.05) is 26.7 Å². The zero-order chi connectivity index (χ0) is 12.2. The minimum absolute atomic E-state index is 0.337. The van der Waals surface area contributed by atoms with Gasteiger partial charge in [-0.25, -0.2) is 13.1 Å². The van der Waals surface area contributed by atoms with E-state index in [1.54, 1.807) is 0 Å². The molecule has 0 aromatic carbocycles. The molecular formula is C11H24N2O2S. The van der Waals surface area contributed by atoms with Gasteiger partial charge >= 0.3 is 0 Å². The van der Waals surface area contributed by atoms with Crippen LogP contribution in [0.4, 0.5) is 0 Å². The minimum Gasteiger partial charge on any atom is -0.312 e. The van der Waals surface area contributed by atoms with E-state index in [4.69, 9.17) is 0 Å². The average molecular weight is 248 g/mol. The van der Waals surface area contributed by atoms with Crippen molar-refractivity contribution in [3.8, 4) is 0 Å². The maximum Gasteiger partial charge on any atom is 0.208 e. The van der Waals surface area contributed by atoms with E-state index < -0.39 is 10.0 Å². The molecule has 0 spiro atoms. The third-order valence-corrected chi connectivity index (χ3v) is 4.12. The van der Waals surface area contributed by atoms with Crippen LogP contribution in [0, 0.1) is 5.41 Å². The molecule has 1 aliphatic rings. The van der Waals surface area contributed by atoms with Gasteiger partial charge in [0.05, 0.1) is 6.26 Å². The molecule has 0 amide bonds.